The van der Waals surface area contributed by atoms with E-state index in [1.165, 1.54) is 12.1 Å². The number of urea groups is 1. The van der Waals surface area contributed by atoms with E-state index < -0.39 is 23.5 Å². The van der Waals surface area contributed by atoms with Gasteiger partial charge < -0.3 is 15.1 Å². The first-order valence-corrected chi connectivity index (χ1v) is 8.84. The van der Waals surface area contributed by atoms with Crippen molar-refractivity contribution in [1.29, 1.82) is 5.26 Å². The van der Waals surface area contributed by atoms with Crippen LogP contribution in [0, 0.1) is 28.8 Å². The van der Waals surface area contributed by atoms with Crippen LogP contribution < -0.4 is 10.2 Å². The molecule has 1 atom stereocenters. The van der Waals surface area contributed by atoms with Crippen LogP contribution in [0.1, 0.15) is 24.1 Å². The van der Waals surface area contributed by atoms with E-state index in [1.807, 2.05) is 11.0 Å². The summed E-state index contributed by atoms with van der Waals surface area (Å²) < 4.78 is 40.7. The highest BCUT2D eigenvalue weighted by atomic mass is 19.1. The van der Waals surface area contributed by atoms with Gasteiger partial charge >= 0.3 is 6.03 Å². The molecule has 2 aromatic rings. The van der Waals surface area contributed by atoms with Gasteiger partial charge in [0.1, 0.15) is 29.1 Å². The molecule has 8 heteroatoms. The van der Waals surface area contributed by atoms with Gasteiger partial charge in [0.05, 0.1) is 11.7 Å². The molecule has 1 heterocycles. The van der Waals surface area contributed by atoms with Gasteiger partial charge in [-0.25, -0.2) is 18.0 Å². The topological polar surface area (TPSA) is 59.4 Å². The number of nitrogens with one attached hydrogen (secondary N) is 1. The molecule has 3 rings (SSSR count). The highest BCUT2D eigenvalue weighted by Gasteiger charge is 2.25. The fourth-order valence-electron chi connectivity index (χ4n) is 3.24. The van der Waals surface area contributed by atoms with Gasteiger partial charge in [0.25, 0.3) is 0 Å². The molecule has 1 aliphatic rings. The maximum Gasteiger partial charge on any atom is 0.317 e. The zero-order valence-electron chi connectivity index (χ0n) is 15.3. The molecular formula is C20H19F3N4O. The lowest BCUT2D eigenvalue weighted by Crippen LogP contribution is -2.52. The van der Waals surface area contributed by atoms with Crippen LogP contribution in [0.15, 0.2) is 36.4 Å². The molecule has 1 fully saturated rings. The molecule has 5 nitrogen and oxygen atoms in total. The number of benzene rings is 2. The molecule has 1 aliphatic heterocycles. The average molecular weight is 388 g/mol. The summed E-state index contributed by atoms with van der Waals surface area (Å²) in [6.07, 6.45) is 0. The SMILES string of the molecule is CC(NC(=O)N1CCN(c2cccc(F)c2C#N)CC1)c1ccc(F)cc1F. The summed E-state index contributed by atoms with van der Waals surface area (Å²) in [5.41, 5.74) is 0.692. The summed E-state index contributed by atoms with van der Waals surface area (Å²) in [6, 6.07) is 8.58. The Morgan fingerprint density at radius 3 is 2.46 bits per heavy atom. The molecule has 0 bridgehead atoms. The van der Waals surface area contributed by atoms with Crippen molar-refractivity contribution in [2.45, 2.75) is 13.0 Å². The molecule has 2 aromatic carbocycles. The van der Waals surface area contributed by atoms with Gasteiger partial charge in [0.2, 0.25) is 0 Å². The molecule has 0 aliphatic carbocycles. The number of carbonyl (C=O) groups is 1. The number of rotatable bonds is 3. The first-order chi connectivity index (χ1) is 13.4. The van der Waals surface area contributed by atoms with Gasteiger partial charge in [-0.05, 0) is 25.1 Å². The molecule has 1 saturated heterocycles. The zero-order chi connectivity index (χ0) is 20.3. The van der Waals surface area contributed by atoms with E-state index in [2.05, 4.69) is 5.32 Å². The maximum absolute atomic E-state index is 13.9. The lowest BCUT2D eigenvalue weighted by Gasteiger charge is -2.37. The molecule has 0 saturated carbocycles. The molecule has 1 N–H and O–H groups in total. The van der Waals surface area contributed by atoms with Crippen LogP contribution in [0.5, 0.6) is 0 Å². The summed E-state index contributed by atoms with van der Waals surface area (Å²) >= 11 is 0. The van der Waals surface area contributed by atoms with Crippen molar-refractivity contribution in [2.24, 2.45) is 0 Å². The van der Waals surface area contributed by atoms with Crippen LogP contribution in [0.3, 0.4) is 0 Å². The summed E-state index contributed by atoms with van der Waals surface area (Å²) in [5, 5.41) is 11.9. The minimum absolute atomic E-state index is 0.0131. The van der Waals surface area contributed by atoms with Crippen LogP contribution in [0.2, 0.25) is 0 Å². The number of nitriles is 1. The van der Waals surface area contributed by atoms with Crippen molar-refractivity contribution in [2.75, 3.05) is 31.1 Å². The number of halogens is 3. The largest absolute Gasteiger partial charge is 0.367 e. The van der Waals surface area contributed by atoms with Crippen LogP contribution >= 0.6 is 0 Å². The van der Waals surface area contributed by atoms with E-state index in [0.29, 0.717) is 31.9 Å². The Labute approximate surface area is 161 Å². The molecular weight excluding hydrogens is 369 g/mol. The smallest absolute Gasteiger partial charge is 0.317 e. The fourth-order valence-corrected chi connectivity index (χ4v) is 3.24. The number of anilines is 1. The number of carbonyl (C=O) groups excluding carboxylic acids is 1. The Kier molecular flexibility index (Phi) is 5.73. The fraction of sp³-hybridized carbons (Fsp3) is 0.300. The monoisotopic (exact) mass is 388 g/mol. The summed E-state index contributed by atoms with van der Waals surface area (Å²) in [5.74, 6) is -1.96. The van der Waals surface area contributed by atoms with E-state index in [-0.39, 0.29) is 17.2 Å². The Bertz CT molecular complexity index is 920. The molecule has 0 aromatic heterocycles. The molecule has 146 valence electrons. The normalized spacial score (nSPS) is 15.1. The van der Waals surface area contributed by atoms with E-state index in [1.54, 1.807) is 24.0 Å². The van der Waals surface area contributed by atoms with Gasteiger partial charge in [-0.2, -0.15) is 5.26 Å². The first-order valence-electron chi connectivity index (χ1n) is 8.84. The van der Waals surface area contributed by atoms with Crippen LogP contribution in [0.4, 0.5) is 23.7 Å². The second-order valence-electron chi connectivity index (χ2n) is 6.56. The van der Waals surface area contributed by atoms with Crippen molar-refractivity contribution in [3.05, 3.63) is 65.0 Å². The average Bonchev–Trinajstić information content (AvgIpc) is 2.67. The lowest BCUT2D eigenvalue weighted by atomic mass is 10.1. The van der Waals surface area contributed by atoms with Gasteiger partial charge in [-0.15, -0.1) is 0 Å². The Hall–Kier alpha value is -3.21. The second kappa shape index (κ2) is 8.21. The molecule has 0 spiro atoms. The van der Waals surface area contributed by atoms with E-state index in [0.717, 1.165) is 12.1 Å². The Morgan fingerprint density at radius 2 is 1.82 bits per heavy atom. The molecule has 1 unspecified atom stereocenters. The standard InChI is InChI=1S/C20H19F3N4O/c1-13(15-6-5-14(21)11-18(15)23)25-20(28)27-9-7-26(8-10-27)19-4-2-3-17(22)16(19)12-24/h2-6,11,13H,7-10H2,1H3,(H,25,28). The maximum atomic E-state index is 13.9. The molecule has 28 heavy (non-hydrogen) atoms. The minimum atomic E-state index is -0.715. The third-order valence-corrected chi connectivity index (χ3v) is 4.78. The van der Waals surface area contributed by atoms with Crippen molar-refractivity contribution < 1.29 is 18.0 Å². The van der Waals surface area contributed by atoms with Gasteiger partial charge in [0.15, 0.2) is 0 Å². The van der Waals surface area contributed by atoms with Gasteiger partial charge in [-0.1, -0.05) is 12.1 Å². The summed E-state index contributed by atoms with van der Waals surface area (Å²) in [4.78, 5) is 15.9. The predicted octanol–water partition coefficient (Wildman–Crippen LogP) is 3.57. The highest BCUT2D eigenvalue weighted by Crippen LogP contribution is 2.24. The number of hydrogen-bond donors (Lipinski definition) is 1. The third kappa shape index (κ3) is 4.03. The van der Waals surface area contributed by atoms with Crippen LogP contribution in [-0.2, 0) is 0 Å². The van der Waals surface area contributed by atoms with E-state index in [9.17, 15) is 23.2 Å². The van der Waals surface area contributed by atoms with Crippen molar-refractivity contribution in [1.82, 2.24) is 10.2 Å². The zero-order valence-corrected chi connectivity index (χ0v) is 15.3. The second-order valence-corrected chi connectivity index (χ2v) is 6.56. The van der Waals surface area contributed by atoms with Gasteiger partial charge in [-0.3, -0.25) is 0 Å². The number of nitrogens with zero attached hydrogens (tertiary/aromatic N) is 3. The lowest BCUT2D eigenvalue weighted by molar-refractivity contribution is 0.191. The van der Waals surface area contributed by atoms with Gasteiger partial charge in [0, 0.05) is 37.8 Å². The molecule has 0 radical (unpaired) electrons. The summed E-state index contributed by atoms with van der Waals surface area (Å²) in [6.45, 7) is 3.23. The quantitative estimate of drug-likeness (QED) is 0.875. The van der Waals surface area contributed by atoms with E-state index in [4.69, 9.17) is 0 Å². The van der Waals surface area contributed by atoms with Crippen LogP contribution in [-0.4, -0.2) is 37.1 Å². The third-order valence-electron chi connectivity index (χ3n) is 4.78. The van der Waals surface area contributed by atoms with Crippen molar-refractivity contribution in [3.63, 3.8) is 0 Å². The van der Waals surface area contributed by atoms with E-state index >= 15 is 0 Å². The molecule has 2 amide bonds. The van der Waals surface area contributed by atoms with Crippen LogP contribution in [0.25, 0.3) is 0 Å². The first kappa shape index (κ1) is 19.5. The predicted molar refractivity (Wildman–Crippen MR) is 98.2 cm³/mol. The minimum Gasteiger partial charge on any atom is -0.367 e. The summed E-state index contributed by atoms with van der Waals surface area (Å²) in [7, 11) is 0. The van der Waals surface area contributed by atoms with Crippen molar-refractivity contribution in [3.8, 4) is 6.07 Å². The Balaban J connectivity index is 1.61. The number of piperazine rings is 1. The van der Waals surface area contributed by atoms with Crippen molar-refractivity contribution >= 4 is 11.7 Å². The number of amides is 2. The Morgan fingerprint density at radius 1 is 1.11 bits per heavy atom. The highest BCUT2D eigenvalue weighted by molar-refractivity contribution is 5.75. The number of hydrogen-bond acceptors (Lipinski definition) is 3.